The number of amides is 4. The standard InChI is InChI=1S/C51H45Cl2N3O9/c1-62-35-17-10-32(11-18-35)51-41(48(59)56(50(51)61)54-43-22-12-33(52)27-42(43)53)28-40-38(46(51)30-8-15-36(16-9-30)65-25-24-57)20-21-39-45(40)49(60)55(47(39)58)34-13-5-29(6-14-34)4-7-31-26-37(63-2)19-23-44(31)64-3/h4-20,22-23,26-27,39-41,45-46,54,57H,21,24-25,28H2,1-3H3/t39-,40+,41-,45-,46-,51+/m0/s1. The number of hydrogen-bond acceptors (Lipinski definition) is 10. The Hall–Kier alpha value is -6.60. The van der Waals surface area contributed by atoms with Crippen LogP contribution in [-0.2, 0) is 24.6 Å². The van der Waals surface area contributed by atoms with Crippen LogP contribution in [0.5, 0.6) is 23.0 Å². The molecule has 2 heterocycles. The minimum Gasteiger partial charge on any atom is -0.497 e. The number of aliphatic hydroxyl groups excluding tert-OH is 1. The molecule has 12 nitrogen and oxygen atoms in total. The SMILES string of the molecule is COc1ccc([C@@]23C(=O)N(Nc4ccc(Cl)cc4Cl)C(=O)[C@@H]2C[C@@H]2C(=CC[C@@H]4C(=O)N(c5ccc(C=Cc6cc(OC)ccc6OC)cc5)C(=O)[C@@H]42)[C@@H]3c2ccc(OCCO)cc2)cc1. The predicted molar refractivity (Wildman–Crippen MR) is 247 cm³/mol. The Morgan fingerprint density at radius 2 is 1.46 bits per heavy atom. The predicted octanol–water partition coefficient (Wildman–Crippen LogP) is 8.75. The van der Waals surface area contributed by atoms with Crippen molar-refractivity contribution in [3.63, 3.8) is 0 Å². The Morgan fingerprint density at radius 3 is 2.14 bits per heavy atom. The molecule has 14 heteroatoms. The molecule has 2 saturated heterocycles. The molecule has 4 amide bonds. The average molecular weight is 915 g/mol. The summed E-state index contributed by atoms with van der Waals surface area (Å²) in [5, 5.41) is 11.1. The number of ether oxygens (including phenoxy) is 4. The van der Waals surface area contributed by atoms with Gasteiger partial charge in [0.15, 0.2) is 0 Å². The maximum atomic E-state index is 15.6. The van der Waals surface area contributed by atoms with Crippen LogP contribution in [0.4, 0.5) is 11.4 Å². The van der Waals surface area contributed by atoms with E-state index in [1.165, 1.54) is 11.0 Å². The monoisotopic (exact) mass is 913 g/mol. The van der Waals surface area contributed by atoms with Crippen molar-refractivity contribution in [3.05, 3.63) is 153 Å². The summed E-state index contributed by atoms with van der Waals surface area (Å²) in [5.41, 5.74) is 5.97. The zero-order valence-corrected chi connectivity index (χ0v) is 37.2. The van der Waals surface area contributed by atoms with Crippen molar-refractivity contribution < 1.29 is 43.2 Å². The highest BCUT2D eigenvalue weighted by Crippen LogP contribution is 2.64. The first kappa shape index (κ1) is 43.6. The summed E-state index contributed by atoms with van der Waals surface area (Å²) >= 11 is 12.8. The highest BCUT2D eigenvalue weighted by atomic mass is 35.5. The topological polar surface area (TPSA) is 144 Å². The van der Waals surface area contributed by atoms with Crippen LogP contribution in [-0.4, -0.2) is 68.3 Å². The van der Waals surface area contributed by atoms with E-state index >= 15 is 9.59 Å². The van der Waals surface area contributed by atoms with Gasteiger partial charge in [-0.05, 0) is 108 Å². The van der Waals surface area contributed by atoms with Crippen molar-refractivity contribution in [2.24, 2.45) is 23.7 Å². The number of aliphatic hydroxyl groups is 1. The van der Waals surface area contributed by atoms with Crippen molar-refractivity contribution in [2.45, 2.75) is 24.2 Å². The second kappa shape index (κ2) is 17.8. The van der Waals surface area contributed by atoms with E-state index in [0.717, 1.165) is 21.7 Å². The van der Waals surface area contributed by atoms with Crippen LogP contribution in [0.1, 0.15) is 41.0 Å². The highest BCUT2D eigenvalue weighted by molar-refractivity contribution is 6.36. The van der Waals surface area contributed by atoms with E-state index < -0.39 is 46.8 Å². The van der Waals surface area contributed by atoms with Gasteiger partial charge in [0, 0.05) is 16.5 Å². The number of carbonyl (C=O) groups is 4. The molecule has 5 aromatic carbocycles. The second-order valence-electron chi connectivity index (χ2n) is 16.4. The number of hydrazine groups is 1. The number of rotatable bonds is 13. The second-order valence-corrected chi connectivity index (χ2v) is 17.2. The van der Waals surface area contributed by atoms with Gasteiger partial charge in [-0.15, -0.1) is 0 Å². The van der Waals surface area contributed by atoms with Gasteiger partial charge >= 0.3 is 0 Å². The molecule has 332 valence electrons. The van der Waals surface area contributed by atoms with Crippen LogP contribution in [0, 0.1) is 23.7 Å². The summed E-state index contributed by atoms with van der Waals surface area (Å²) in [5.74, 6) is -3.11. The van der Waals surface area contributed by atoms with Crippen molar-refractivity contribution in [2.75, 3.05) is 44.9 Å². The van der Waals surface area contributed by atoms with Gasteiger partial charge in [-0.3, -0.25) is 29.5 Å². The Labute approximate surface area is 385 Å². The minimum atomic E-state index is -1.53. The molecule has 0 radical (unpaired) electrons. The van der Waals surface area contributed by atoms with Crippen LogP contribution < -0.4 is 29.3 Å². The third-order valence-electron chi connectivity index (χ3n) is 13.2. The summed E-state index contributed by atoms with van der Waals surface area (Å²) in [6, 6.07) is 31.8. The summed E-state index contributed by atoms with van der Waals surface area (Å²) in [6.07, 6.45) is 6.18. The molecule has 5 aromatic rings. The largest absolute Gasteiger partial charge is 0.497 e. The lowest BCUT2D eigenvalue weighted by Gasteiger charge is -2.50. The molecule has 1 saturated carbocycles. The molecule has 0 bridgehead atoms. The van der Waals surface area contributed by atoms with Crippen LogP contribution in [0.2, 0.25) is 10.0 Å². The molecule has 2 aliphatic heterocycles. The number of nitrogens with zero attached hydrogens (tertiary/aromatic N) is 2. The maximum absolute atomic E-state index is 15.6. The number of methoxy groups -OCH3 is 3. The van der Waals surface area contributed by atoms with Crippen LogP contribution in [0.15, 0.2) is 121 Å². The number of anilines is 2. The van der Waals surface area contributed by atoms with Crippen LogP contribution in [0.25, 0.3) is 12.2 Å². The van der Waals surface area contributed by atoms with Crippen LogP contribution in [0.3, 0.4) is 0 Å². The quantitative estimate of drug-likeness (QED) is 0.0669. The van der Waals surface area contributed by atoms with E-state index in [9.17, 15) is 14.7 Å². The average Bonchev–Trinajstić information content (AvgIpc) is 3.71. The normalized spacial score (nSPS) is 23.5. The molecule has 3 fully saturated rings. The number of nitrogens with one attached hydrogen (secondary N) is 1. The summed E-state index contributed by atoms with van der Waals surface area (Å²) in [6.45, 7) is -0.0891. The minimum absolute atomic E-state index is 0.0857. The van der Waals surface area contributed by atoms with E-state index in [2.05, 4.69) is 5.43 Å². The van der Waals surface area contributed by atoms with Gasteiger partial charge in [0.2, 0.25) is 11.8 Å². The van der Waals surface area contributed by atoms with E-state index in [-0.39, 0.29) is 42.9 Å². The molecule has 2 N–H and O–H groups in total. The van der Waals surface area contributed by atoms with Gasteiger partial charge in [-0.25, -0.2) is 0 Å². The van der Waals surface area contributed by atoms with Crippen molar-refractivity contribution in [1.82, 2.24) is 5.01 Å². The molecule has 0 aromatic heterocycles. The van der Waals surface area contributed by atoms with Gasteiger partial charge < -0.3 is 24.1 Å². The smallest absolute Gasteiger partial charge is 0.260 e. The number of allylic oxidation sites excluding steroid dienone is 2. The first-order chi connectivity index (χ1) is 31.5. The first-order valence-electron chi connectivity index (χ1n) is 21.2. The van der Waals surface area contributed by atoms with E-state index in [1.807, 2.05) is 72.8 Å². The zero-order chi connectivity index (χ0) is 45.6. The Morgan fingerprint density at radius 1 is 0.754 bits per heavy atom. The van der Waals surface area contributed by atoms with E-state index in [4.69, 9.17) is 42.1 Å². The third kappa shape index (κ3) is 7.49. The van der Waals surface area contributed by atoms with Gasteiger partial charge in [0.1, 0.15) is 29.6 Å². The van der Waals surface area contributed by atoms with E-state index in [1.54, 1.807) is 69.9 Å². The Balaban J connectivity index is 1.12. The molecule has 4 aliphatic rings. The summed E-state index contributed by atoms with van der Waals surface area (Å²) < 4.78 is 22.2. The molecular formula is C51H45Cl2N3O9. The molecule has 9 rings (SSSR count). The van der Waals surface area contributed by atoms with Gasteiger partial charge in [-0.1, -0.05) is 83.4 Å². The molecule has 65 heavy (non-hydrogen) atoms. The third-order valence-corrected chi connectivity index (χ3v) is 13.7. The Bertz CT molecular complexity index is 2740. The summed E-state index contributed by atoms with van der Waals surface area (Å²) in [4.78, 5) is 61.4. The van der Waals surface area contributed by atoms with Gasteiger partial charge in [0.05, 0.1) is 67.5 Å². The number of imide groups is 2. The van der Waals surface area contributed by atoms with E-state index in [0.29, 0.717) is 50.5 Å². The Kier molecular flexibility index (Phi) is 11.9. The maximum Gasteiger partial charge on any atom is 0.260 e. The highest BCUT2D eigenvalue weighted by Gasteiger charge is 2.70. The number of benzene rings is 5. The molecular weight excluding hydrogens is 869 g/mol. The molecule has 6 atom stereocenters. The fourth-order valence-corrected chi connectivity index (χ4v) is 10.7. The number of hydrogen-bond donors (Lipinski definition) is 2. The fraction of sp³-hybridized carbons (Fsp3) is 0.255. The molecule has 2 aliphatic carbocycles. The number of carbonyl (C=O) groups excluding carboxylic acids is 4. The van der Waals surface area contributed by atoms with Crippen molar-refractivity contribution >= 4 is 70.4 Å². The van der Waals surface area contributed by atoms with Crippen molar-refractivity contribution in [1.29, 1.82) is 0 Å². The molecule has 0 spiro atoms. The lowest BCUT2D eigenvalue weighted by Crippen LogP contribution is -2.53. The first-order valence-corrected chi connectivity index (χ1v) is 21.9. The lowest BCUT2D eigenvalue weighted by atomic mass is 9.49. The lowest BCUT2D eigenvalue weighted by molar-refractivity contribution is -0.138. The van der Waals surface area contributed by atoms with Crippen molar-refractivity contribution in [3.8, 4) is 23.0 Å². The van der Waals surface area contributed by atoms with Gasteiger partial charge in [0.25, 0.3) is 11.8 Å². The van der Waals surface area contributed by atoms with Gasteiger partial charge in [-0.2, -0.15) is 5.01 Å². The summed E-state index contributed by atoms with van der Waals surface area (Å²) in [7, 11) is 4.75. The number of halogens is 2. The zero-order valence-electron chi connectivity index (χ0n) is 35.7. The molecule has 0 unspecified atom stereocenters. The number of fused-ring (bicyclic) bond motifs is 4. The van der Waals surface area contributed by atoms with Crippen LogP contribution >= 0.6 is 23.2 Å². The fourth-order valence-electron chi connectivity index (χ4n) is 10.3.